The van der Waals surface area contributed by atoms with Gasteiger partial charge in [0.1, 0.15) is 6.54 Å². The van der Waals surface area contributed by atoms with Gasteiger partial charge in [0, 0.05) is 10.6 Å². The van der Waals surface area contributed by atoms with Crippen LogP contribution in [0.25, 0.3) is 11.5 Å². The molecule has 0 atom stereocenters. The van der Waals surface area contributed by atoms with Crippen LogP contribution in [-0.4, -0.2) is 34.3 Å². The molecule has 21 heavy (non-hydrogen) atoms. The predicted molar refractivity (Wildman–Crippen MR) is 80.7 cm³/mol. The summed E-state index contributed by atoms with van der Waals surface area (Å²) in [5.74, 6) is 2.40. The van der Waals surface area contributed by atoms with Gasteiger partial charge in [0.15, 0.2) is 0 Å². The molecular formula is C16H19ClN3O+. The van der Waals surface area contributed by atoms with Crippen molar-refractivity contribution in [3.05, 3.63) is 35.1 Å². The third-order valence-electron chi connectivity index (χ3n) is 5.07. The summed E-state index contributed by atoms with van der Waals surface area (Å²) in [6.07, 6.45) is 4.09. The Morgan fingerprint density at radius 3 is 2.43 bits per heavy atom. The lowest BCUT2D eigenvalue weighted by Gasteiger charge is -2.48. The number of piperidine rings is 3. The van der Waals surface area contributed by atoms with E-state index >= 15 is 0 Å². The summed E-state index contributed by atoms with van der Waals surface area (Å²) in [6, 6.07) is 7.52. The zero-order valence-electron chi connectivity index (χ0n) is 12.0. The van der Waals surface area contributed by atoms with Crippen LogP contribution in [-0.2, 0) is 6.54 Å². The highest BCUT2D eigenvalue weighted by Gasteiger charge is 2.40. The predicted octanol–water partition coefficient (Wildman–Crippen LogP) is 3.52. The molecule has 2 bridgehead atoms. The highest BCUT2D eigenvalue weighted by molar-refractivity contribution is 6.30. The number of quaternary nitrogens is 1. The van der Waals surface area contributed by atoms with Crippen molar-refractivity contribution in [3.63, 3.8) is 0 Å². The first-order chi connectivity index (χ1) is 10.2. The number of fused-ring (bicyclic) bond motifs is 3. The third-order valence-corrected chi connectivity index (χ3v) is 5.32. The fraction of sp³-hybridized carbons (Fsp3) is 0.500. The van der Waals surface area contributed by atoms with Crippen molar-refractivity contribution in [2.45, 2.75) is 25.8 Å². The van der Waals surface area contributed by atoms with Crippen molar-refractivity contribution in [1.82, 2.24) is 10.1 Å². The quantitative estimate of drug-likeness (QED) is 0.814. The second-order valence-corrected chi connectivity index (χ2v) is 6.86. The molecule has 3 saturated heterocycles. The number of hydrogen-bond donors (Lipinski definition) is 0. The average molecular weight is 305 g/mol. The van der Waals surface area contributed by atoms with Crippen molar-refractivity contribution >= 4 is 11.6 Å². The van der Waals surface area contributed by atoms with E-state index in [1.165, 1.54) is 38.9 Å². The van der Waals surface area contributed by atoms with E-state index in [0.717, 1.165) is 28.3 Å². The Hall–Kier alpha value is -1.39. The minimum absolute atomic E-state index is 0.590. The topological polar surface area (TPSA) is 38.9 Å². The highest BCUT2D eigenvalue weighted by atomic mass is 35.5. The van der Waals surface area contributed by atoms with Crippen LogP contribution in [0.15, 0.2) is 28.8 Å². The van der Waals surface area contributed by atoms with E-state index in [-0.39, 0.29) is 0 Å². The van der Waals surface area contributed by atoms with E-state index in [2.05, 4.69) is 10.1 Å². The molecule has 110 valence electrons. The zero-order valence-corrected chi connectivity index (χ0v) is 12.7. The Labute approximate surface area is 129 Å². The molecule has 0 aliphatic carbocycles. The highest BCUT2D eigenvalue weighted by Crippen LogP contribution is 2.34. The molecule has 4 heterocycles. The molecule has 0 spiro atoms. The Morgan fingerprint density at radius 1 is 1.10 bits per heavy atom. The number of halogens is 1. The van der Waals surface area contributed by atoms with Crippen LogP contribution < -0.4 is 0 Å². The van der Waals surface area contributed by atoms with Gasteiger partial charge >= 0.3 is 0 Å². The molecule has 5 rings (SSSR count). The van der Waals surface area contributed by atoms with Crippen LogP contribution in [0, 0.1) is 5.92 Å². The molecule has 1 aromatic carbocycles. The smallest absolute Gasteiger partial charge is 0.258 e. The summed E-state index contributed by atoms with van der Waals surface area (Å²) < 4.78 is 6.57. The van der Waals surface area contributed by atoms with E-state index < -0.39 is 0 Å². The van der Waals surface area contributed by atoms with Crippen LogP contribution in [0.2, 0.25) is 5.02 Å². The summed E-state index contributed by atoms with van der Waals surface area (Å²) in [7, 11) is 0. The number of aromatic nitrogens is 2. The molecule has 0 N–H and O–H groups in total. The minimum atomic E-state index is 0.590. The van der Waals surface area contributed by atoms with Crippen LogP contribution in [0.3, 0.4) is 0 Å². The molecule has 3 aliphatic heterocycles. The fourth-order valence-corrected chi connectivity index (χ4v) is 3.83. The molecule has 4 nitrogen and oxygen atoms in total. The first-order valence-corrected chi connectivity index (χ1v) is 8.04. The van der Waals surface area contributed by atoms with Crippen LogP contribution >= 0.6 is 11.6 Å². The Balaban J connectivity index is 1.53. The van der Waals surface area contributed by atoms with E-state index in [1.54, 1.807) is 0 Å². The van der Waals surface area contributed by atoms with Gasteiger partial charge in [-0.05, 0) is 49.4 Å². The monoisotopic (exact) mass is 304 g/mol. The molecule has 1 aromatic heterocycles. The van der Waals surface area contributed by atoms with Crippen molar-refractivity contribution in [2.24, 2.45) is 5.92 Å². The standard InChI is InChI=1S/C16H19ClN3O/c17-14-3-1-13(2-4-14)16-18-15(19-21-16)11-20-8-5-12(6-9-20)7-10-20/h1-4,12H,5-11H2/q+1. The SMILES string of the molecule is Clc1ccc(-c2nc(C[N+]34CCC(CC3)CC4)no2)cc1. The summed E-state index contributed by atoms with van der Waals surface area (Å²) >= 11 is 5.91. The largest absolute Gasteiger partial charge is 0.334 e. The maximum Gasteiger partial charge on any atom is 0.258 e. The van der Waals surface area contributed by atoms with Crippen LogP contribution in [0.5, 0.6) is 0 Å². The molecule has 0 unspecified atom stereocenters. The summed E-state index contributed by atoms with van der Waals surface area (Å²) in [6.45, 7) is 4.73. The Bertz CT molecular complexity index is 615. The van der Waals surface area contributed by atoms with Gasteiger partial charge in [-0.15, -0.1) is 0 Å². The van der Waals surface area contributed by atoms with E-state index in [9.17, 15) is 0 Å². The van der Waals surface area contributed by atoms with E-state index in [4.69, 9.17) is 16.1 Å². The normalized spacial score (nSPS) is 28.0. The number of hydrogen-bond acceptors (Lipinski definition) is 3. The van der Waals surface area contributed by atoms with Gasteiger partial charge in [0.25, 0.3) is 5.89 Å². The lowest BCUT2D eigenvalue weighted by Crippen LogP contribution is -2.57. The Kier molecular flexibility index (Phi) is 3.23. The third kappa shape index (κ3) is 2.58. The second kappa shape index (κ2) is 5.11. The van der Waals surface area contributed by atoms with Gasteiger partial charge in [0.05, 0.1) is 19.6 Å². The van der Waals surface area contributed by atoms with Gasteiger partial charge in [-0.25, -0.2) is 0 Å². The van der Waals surface area contributed by atoms with Gasteiger partial charge in [-0.3, -0.25) is 0 Å². The van der Waals surface area contributed by atoms with Crippen molar-refractivity contribution < 1.29 is 9.01 Å². The van der Waals surface area contributed by atoms with Gasteiger partial charge < -0.3 is 9.01 Å². The average Bonchev–Trinajstić information content (AvgIpc) is 2.97. The molecule has 0 radical (unpaired) electrons. The number of nitrogens with zero attached hydrogens (tertiary/aromatic N) is 3. The van der Waals surface area contributed by atoms with Gasteiger partial charge in [-0.2, -0.15) is 4.98 Å². The molecule has 5 heteroatoms. The zero-order chi connectivity index (χ0) is 14.3. The second-order valence-electron chi connectivity index (χ2n) is 6.43. The molecule has 3 aliphatic rings. The molecule has 3 fully saturated rings. The molecule has 0 saturated carbocycles. The minimum Gasteiger partial charge on any atom is -0.334 e. The molecule has 0 amide bonds. The summed E-state index contributed by atoms with van der Waals surface area (Å²) in [5, 5.41) is 4.90. The molecular weight excluding hydrogens is 286 g/mol. The van der Waals surface area contributed by atoms with Crippen LogP contribution in [0.1, 0.15) is 25.1 Å². The van der Waals surface area contributed by atoms with E-state index in [1.807, 2.05) is 24.3 Å². The van der Waals surface area contributed by atoms with Crippen molar-refractivity contribution in [3.8, 4) is 11.5 Å². The first kappa shape index (κ1) is 13.3. The van der Waals surface area contributed by atoms with Crippen molar-refractivity contribution in [1.29, 1.82) is 0 Å². The maximum absolute atomic E-state index is 5.91. The lowest BCUT2D eigenvalue weighted by atomic mass is 9.86. The maximum atomic E-state index is 5.91. The van der Waals surface area contributed by atoms with Crippen molar-refractivity contribution in [2.75, 3.05) is 19.6 Å². The lowest BCUT2D eigenvalue weighted by molar-refractivity contribution is -0.955. The summed E-state index contributed by atoms with van der Waals surface area (Å²) in [4.78, 5) is 4.58. The van der Waals surface area contributed by atoms with E-state index in [0.29, 0.717) is 10.9 Å². The number of benzene rings is 1. The summed E-state index contributed by atoms with van der Waals surface area (Å²) in [5.41, 5.74) is 0.926. The fourth-order valence-electron chi connectivity index (χ4n) is 3.70. The first-order valence-electron chi connectivity index (χ1n) is 7.66. The van der Waals surface area contributed by atoms with Gasteiger partial charge in [0.2, 0.25) is 5.82 Å². The molecule has 2 aromatic rings. The Morgan fingerprint density at radius 2 is 1.76 bits per heavy atom. The number of rotatable bonds is 3. The van der Waals surface area contributed by atoms with Gasteiger partial charge in [-0.1, -0.05) is 16.8 Å². The van der Waals surface area contributed by atoms with Crippen LogP contribution in [0.4, 0.5) is 0 Å².